The molecule has 1 saturated heterocycles. The van der Waals surface area contributed by atoms with E-state index in [0.29, 0.717) is 5.92 Å². The number of piperazine rings is 1. The zero-order valence-corrected chi connectivity index (χ0v) is 12.5. The summed E-state index contributed by atoms with van der Waals surface area (Å²) in [4.78, 5) is 24.0. The summed E-state index contributed by atoms with van der Waals surface area (Å²) >= 11 is 0. The molecule has 20 heavy (non-hydrogen) atoms. The molecule has 1 aromatic heterocycles. The maximum atomic E-state index is 11.3. The van der Waals surface area contributed by atoms with Crippen LogP contribution in [0.25, 0.3) is 0 Å². The van der Waals surface area contributed by atoms with E-state index in [9.17, 15) is 4.79 Å². The van der Waals surface area contributed by atoms with E-state index >= 15 is 0 Å². The Labute approximate surface area is 120 Å². The summed E-state index contributed by atoms with van der Waals surface area (Å²) in [5.74, 6) is 2.51. The average Bonchev–Trinajstić information content (AvgIpc) is 2.45. The summed E-state index contributed by atoms with van der Waals surface area (Å²) in [6.45, 7) is 10.00. The third-order valence-electron chi connectivity index (χ3n) is 3.39. The minimum absolute atomic E-state index is 0.145. The molecule has 0 aliphatic carbocycles. The molecule has 2 heterocycles. The van der Waals surface area contributed by atoms with Crippen LogP contribution in [0.15, 0.2) is 12.4 Å². The van der Waals surface area contributed by atoms with Crippen molar-refractivity contribution in [2.75, 3.05) is 42.9 Å². The van der Waals surface area contributed by atoms with Gasteiger partial charge >= 0.3 is 0 Å². The van der Waals surface area contributed by atoms with Crippen LogP contribution >= 0.6 is 0 Å². The lowest BCUT2D eigenvalue weighted by molar-refractivity contribution is -0.129. The summed E-state index contributed by atoms with van der Waals surface area (Å²) in [6.07, 6.45) is 1.59. The van der Waals surface area contributed by atoms with Crippen molar-refractivity contribution in [2.24, 2.45) is 5.92 Å². The quantitative estimate of drug-likeness (QED) is 0.896. The highest BCUT2D eigenvalue weighted by molar-refractivity contribution is 5.73. The number of hydrogen-bond acceptors (Lipinski definition) is 5. The van der Waals surface area contributed by atoms with Gasteiger partial charge in [-0.1, -0.05) is 13.8 Å². The second kappa shape index (κ2) is 6.54. The first-order chi connectivity index (χ1) is 9.56. The predicted octanol–water partition coefficient (Wildman–Crippen LogP) is 1.21. The predicted molar refractivity (Wildman–Crippen MR) is 79.8 cm³/mol. The Balaban J connectivity index is 1.96. The molecule has 0 radical (unpaired) electrons. The molecule has 0 bridgehead atoms. The lowest BCUT2D eigenvalue weighted by atomic mass is 10.2. The van der Waals surface area contributed by atoms with Crippen LogP contribution in [0.3, 0.4) is 0 Å². The molecule has 0 saturated carbocycles. The molecule has 0 spiro atoms. The number of carbonyl (C=O) groups is 1. The van der Waals surface area contributed by atoms with Gasteiger partial charge in [-0.2, -0.15) is 0 Å². The van der Waals surface area contributed by atoms with Crippen molar-refractivity contribution in [2.45, 2.75) is 20.8 Å². The topological polar surface area (TPSA) is 61.4 Å². The Morgan fingerprint density at radius 2 is 2.00 bits per heavy atom. The fraction of sp³-hybridized carbons (Fsp3) is 0.643. The van der Waals surface area contributed by atoms with Crippen molar-refractivity contribution in [1.29, 1.82) is 0 Å². The molecule has 6 nitrogen and oxygen atoms in total. The highest BCUT2D eigenvalue weighted by atomic mass is 16.2. The van der Waals surface area contributed by atoms with Gasteiger partial charge in [-0.15, -0.1) is 0 Å². The standard InChI is InChI=1S/C14H23N5O/c1-11(2)9-15-13-8-14(17-10-16-13)19-6-4-18(5-7-19)12(3)20/h8,10-11H,4-7,9H2,1-3H3,(H,15,16,17). The number of aromatic nitrogens is 2. The van der Waals surface area contributed by atoms with Crippen molar-refractivity contribution < 1.29 is 4.79 Å². The number of anilines is 2. The zero-order chi connectivity index (χ0) is 14.5. The largest absolute Gasteiger partial charge is 0.370 e. The first-order valence-electron chi connectivity index (χ1n) is 7.12. The van der Waals surface area contributed by atoms with E-state index in [4.69, 9.17) is 0 Å². The smallest absolute Gasteiger partial charge is 0.219 e. The van der Waals surface area contributed by atoms with Gasteiger partial charge in [0.2, 0.25) is 5.91 Å². The number of carbonyl (C=O) groups excluding carboxylic acids is 1. The number of nitrogens with one attached hydrogen (secondary N) is 1. The minimum Gasteiger partial charge on any atom is -0.370 e. The van der Waals surface area contributed by atoms with E-state index < -0.39 is 0 Å². The van der Waals surface area contributed by atoms with E-state index in [0.717, 1.165) is 44.4 Å². The van der Waals surface area contributed by atoms with Crippen LogP contribution in [0.2, 0.25) is 0 Å². The van der Waals surface area contributed by atoms with Crippen LogP contribution in [0, 0.1) is 5.92 Å². The molecule has 0 aromatic carbocycles. The van der Waals surface area contributed by atoms with Crippen LogP contribution in [0.5, 0.6) is 0 Å². The Bertz CT molecular complexity index is 455. The van der Waals surface area contributed by atoms with Gasteiger partial charge in [-0.05, 0) is 5.92 Å². The highest BCUT2D eigenvalue weighted by Crippen LogP contribution is 2.16. The van der Waals surface area contributed by atoms with Gasteiger partial charge in [0.25, 0.3) is 0 Å². The van der Waals surface area contributed by atoms with Gasteiger partial charge in [0.05, 0.1) is 0 Å². The summed E-state index contributed by atoms with van der Waals surface area (Å²) in [6, 6.07) is 1.98. The number of amides is 1. The molecule has 0 unspecified atom stereocenters. The maximum Gasteiger partial charge on any atom is 0.219 e. The van der Waals surface area contributed by atoms with Crippen molar-refractivity contribution in [1.82, 2.24) is 14.9 Å². The average molecular weight is 277 g/mol. The summed E-state index contributed by atoms with van der Waals surface area (Å²) in [7, 11) is 0. The lowest BCUT2D eigenvalue weighted by Crippen LogP contribution is -2.48. The molecule has 2 rings (SSSR count). The fourth-order valence-electron chi connectivity index (χ4n) is 2.18. The minimum atomic E-state index is 0.145. The molecule has 1 aliphatic heterocycles. The monoisotopic (exact) mass is 277 g/mol. The van der Waals surface area contributed by atoms with Crippen LogP contribution in [0.1, 0.15) is 20.8 Å². The van der Waals surface area contributed by atoms with Crippen LogP contribution in [0.4, 0.5) is 11.6 Å². The van der Waals surface area contributed by atoms with Crippen molar-refractivity contribution in [3.05, 3.63) is 12.4 Å². The van der Waals surface area contributed by atoms with Gasteiger partial charge in [-0.3, -0.25) is 4.79 Å². The SMILES string of the molecule is CC(=O)N1CCN(c2cc(NCC(C)C)ncn2)CC1. The summed E-state index contributed by atoms with van der Waals surface area (Å²) < 4.78 is 0. The third-order valence-corrected chi connectivity index (χ3v) is 3.39. The van der Waals surface area contributed by atoms with Crippen LogP contribution in [-0.4, -0.2) is 53.5 Å². The zero-order valence-electron chi connectivity index (χ0n) is 12.5. The van der Waals surface area contributed by atoms with Gasteiger partial charge in [-0.25, -0.2) is 9.97 Å². The lowest BCUT2D eigenvalue weighted by Gasteiger charge is -2.34. The van der Waals surface area contributed by atoms with Crippen LogP contribution < -0.4 is 10.2 Å². The highest BCUT2D eigenvalue weighted by Gasteiger charge is 2.19. The Morgan fingerprint density at radius 1 is 1.30 bits per heavy atom. The molecule has 1 amide bonds. The molecule has 1 fully saturated rings. The van der Waals surface area contributed by atoms with E-state index in [2.05, 4.69) is 34.0 Å². The van der Waals surface area contributed by atoms with E-state index in [1.807, 2.05) is 11.0 Å². The normalized spacial score (nSPS) is 15.6. The van der Waals surface area contributed by atoms with E-state index in [-0.39, 0.29) is 5.91 Å². The Kier molecular flexibility index (Phi) is 4.76. The van der Waals surface area contributed by atoms with Crippen molar-refractivity contribution in [3.8, 4) is 0 Å². The van der Waals surface area contributed by atoms with Gasteiger partial charge in [0, 0.05) is 45.7 Å². The molecule has 0 atom stereocenters. The van der Waals surface area contributed by atoms with E-state index in [1.54, 1.807) is 13.3 Å². The maximum absolute atomic E-state index is 11.3. The summed E-state index contributed by atoms with van der Waals surface area (Å²) in [5, 5.41) is 3.31. The molecule has 1 aliphatic rings. The Morgan fingerprint density at radius 3 is 2.60 bits per heavy atom. The van der Waals surface area contributed by atoms with Crippen molar-refractivity contribution >= 4 is 17.5 Å². The van der Waals surface area contributed by atoms with Crippen LogP contribution in [-0.2, 0) is 4.79 Å². The molecule has 1 N–H and O–H groups in total. The third kappa shape index (κ3) is 3.82. The number of hydrogen-bond donors (Lipinski definition) is 1. The first-order valence-corrected chi connectivity index (χ1v) is 7.12. The molecular formula is C14H23N5O. The second-order valence-corrected chi connectivity index (χ2v) is 5.53. The molecule has 110 valence electrons. The Hall–Kier alpha value is -1.85. The van der Waals surface area contributed by atoms with E-state index in [1.165, 1.54) is 0 Å². The van der Waals surface area contributed by atoms with Gasteiger partial charge < -0.3 is 15.1 Å². The van der Waals surface area contributed by atoms with Gasteiger partial charge in [0.1, 0.15) is 18.0 Å². The fourth-order valence-corrected chi connectivity index (χ4v) is 2.18. The number of nitrogens with zero attached hydrogens (tertiary/aromatic N) is 4. The van der Waals surface area contributed by atoms with Gasteiger partial charge in [0.15, 0.2) is 0 Å². The summed E-state index contributed by atoms with van der Waals surface area (Å²) in [5.41, 5.74) is 0. The molecular weight excluding hydrogens is 254 g/mol. The number of rotatable bonds is 4. The first kappa shape index (κ1) is 14.6. The molecule has 1 aromatic rings. The molecule has 6 heteroatoms. The van der Waals surface area contributed by atoms with Crippen molar-refractivity contribution in [3.63, 3.8) is 0 Å². The second-order valence-electron chi connectivity index (χ2n) is 5.53.